The predicted octanol–water partition coefficient (Wildman–Crippen LogP) is 4.14. The summed E-state index contributed by atoms with van der Waals surface area (Å²) in [5.74, 6) is 1.39. The van der Waals surface area contributed by atoms with Crippen molar-refractivity contribution in [3.8, 4) is 5.75 Å². The van der Waals surface area contributed by atoms with Gasteiger partial charge in [0.15, 0.2) is 5.17 Å². The maximum Gasteiger partial charge on any atom is 0.263 e. The highest BCUT2D eigenvalue weighted by atomic mass is 32.2. The van der Waals surface area contributed by atoms with Crippen molar-refractivity contribution >= 4 is 22.8 Å². The van der Waals surface area contributed by atoms with Crippen LogP contribution in [0.3, 0.4) is 0 Å². The molecule has 5 heteroatoms. The van der Waals surface area contributed by atoms with E-state index in [2.05, 4.69) is 36.2 Å². The molecule has 1 amide bonds. The zero-order valence-electron chi connectivity index (χ0n) is 14.6. The maximum atomic E-state index is 13.0. The van der Waals surface area contributed by atoms with Crippen LogP contribution in [0.5, 0.6) is 5.75 Å². The van der Waals surface area contributed by atoms with Gasteiger partial charge in [-0.1, -0.05) is 53.7 Å². The Hall–Kier alpha value is -2.27. The summed E-state index contributed by atoms with van der Waals surface area (Å²) in [5, 5.41) is 0.790. The van der Waals surface area contributed by atoms with Gasteiger partial charge in [-0.3, -0.25) is 14.7 Å². The number of amides is 1. The monoisotopic (exact) mass is 354 g/mol. The highest BCUT2D eigenvalue weighted by Crippen LogP contribution is 2.25. The van der Waals surface area contributed by atoms with Crippen LogP contribution in [-0.4, -0.2) is 35.7 Å². The zero-order chi connectivity index (χ0) is 17.6. The van der Waals surface area contributed by atoms with Crippen molar-refractivity contribution in [2.75, 3.05) is 19.7 Å². The molecular weight excluding hydrogens is 332 g/mol. The number of nitrogens with zero attached hydrogens (tertiary/aromatic N) is 2. The largest absolute Gasteiger partial charge is 0.493 e. The molecule has 1 aliphatic rings. The van der Waals surface area contributed by atoms with Crippen LogP contribution < -0.4 is 4.74 Å². The Labute approximate surface area is 152 Å². The fourth-order valence-electron chi connectivity index (χ4n) is 2.76. The third kappa shape index (κ3) is 4.23. The summed E-state index contributed by atoms with van der Waals surface area (Å²) in [6.07, 6.45) is 0. The number of para-hydroxylation sites is 1. The molecule has 0 atom stereocenters. The molecule has 0 aromatic heterocycles. The normalized spacial score (nSPS) is 13.7. The number of carbonyl (C=O) groups is 1. The van der Waals surface area contributed by atoms with E-state index in [1.807, 2.05) is 31.2 Å². The molecule has 1 aliphatic heterocycles. The Morgan fingerprint density at radius 2 is 2.08 bits per heavy atom. The van der Waals surface area contributed by atoms with E-state index < -0.39 is 0 Å². The van der Waals surface area contributed by atoms with Gasteiger partial charge in [-0.15, -0.1) is 0 Å². The fraction of sp³-hybridized carbons (Fsp3) is 0.300. The van der Waals surface area contributed by atoms with Gasteiger partial charge in [-0.2, -0.15) is 0 Å². The number of benzene rings is 2. The first-order valence-electron chi connectivity index (χ1n) is 8.45. The summed E-state index contributed by atoms with van der Waals surface area (Å²) in [5.41, 5.74) is 3.07. The van der Waals surface area contributed by atoms with Gasteiger partial charge in [0, 0.05) is 12.3 Å². The lowest BCUT2D eigenvalue weighted by atomic mass is 10.2. The average molecular weight is 354 g/mol. The number of hydrogen-bond acceptors (Lipinski definition) is 4. The Kier molecular flexibility index (Phi) is 5.76. The molecule has 0 spiro atoms. The van der Waals surface area contributed by atoms with Crippen molar-refractivity contribution < 1.29 is 9.53 Å². The molecule has 0 unspecified atom stereocenters. The van der Waals surface area contributed by atoms with E-state index in [9.17, 15) is 4.79 Å². The van der Waals surface area contributed by atoms with E-state index in [0.29, 0.717) is 31.0 Å². The molecule has 0 radical (unpaired) electrons. The number of hydrogen-bond donors (Lipinski definition) is 0. The van der Waals surface area contributed by atoms with Crippen molar-refractivity contribution in [3.63, 3.8) is 0 Å². The number of aliphatic imine (C=N–C) groups is 1. The molecule has 0 aliphatic carbocycles. The summed E-state index contributed by atoms with van der Waals surface area (Å²) < 4.78 is 5.60. The van der Waals surface area contributed by atoms with E-state index in [-0.39, 0.29) is 5.91 Å². The van der Waals surface area contributed by atoms with Crippen LogP contribution in [0, 0.1) is 6.92 Å². The predicted molar refractivity (Wildman–Crippen MR) is 103 cm³/mol. The van der Waals surface area contributed by atoms with E-state index in [0.717, 1.165) is 10.9 Å². The lowest BCUT2D eigenvalue weighted by Gasteiger charge is -2.19. The summed E-state index contributed by atoms with van der Waals surface area (Å²) in [7, 11) is 0. The van der Waals surface area contributed by atoms with Crippen molar-refractivity contribution in [2.45, 2.75) is 19.6 Å². The van der Waals surface area contributed by atoms with E-state index in [1.165, 1.54) is 11.1 Å². The molecule has 3 rings (SSSR count). The Morgan fingerprint density at radius 1 is 1.24 bits per heavy atom. The molecular formula is C20H22N2O2S. The summed E-state index contributed by atoms with van der Waals surface area (Å²) in [6.45, 7) is 5.81. The first kappa shape index (κ1) is 17.5. The maximum absolute atomic E-state index is 13.0. The molecule has 0 bridgehead atoms. The van der Waals surface area contributed by atoms with Crippen LogP contribution in [0.2, 0.25) is 0 Å². The van der Waals surface area contributed by atoms with Crippen LogP contribution in [0.25, 0.3) is 0 Å². The SMILES string of the molecule is CCOc1ccccc1C(=O)N1CCN=C1SCc1cccc(C)c1. The molecule has 1 heterocycles. The van der Waals surface area contributed by atoms with Gasteiger partial charge >= 0.3 is 0 Å². The summed E-state index contributed by atoms with van der Waals surface area (Å²) in [4.78, 5) is 19.3. The molecule has 2 aromatic rings. The molecule has 130 valence electrons. The first-order chi connectivity index (χ1) is 12.2. The minimum absolute atomic E-state index is 0.0444. The van der Waals surface area contributed by atoms with Gasteiger partial charge in [0.05, 0.1) is 18.7 Å². The van der Waals surface area contributed by atoms with Crippen molar-refractivity contribution in [1.29, 1.82) is 0 Å². The van der Waals surface area contributed by atoms with Gasteiger partial charge in [0.2, 0.25) is 0 Å². The minimum atomic E-state index is -0.0444. The van der Waals surface area contributed by atoms with Gasteiger partial charge in [-0.05, 0) is 31.5 Å². The second-order valence-corrected chi connectivity index (χ2v) is 6.77. The molecule has 2 aromatic carbocycles. The third-order valence-corrected chi connectivity index (χ3v) is 5.00. The van der Waals surface area contributed by atoms with Crippen LogP contribution in [-0.2, 0) is 5.75 Å². The number of ether oxygens (including phenoxy) is 1. The molecule has 25 heavy (non-hydrogen) atoms. The minimum Gasteiger partial charge on any atom is -0.493 e. The van der Waals surface area contributed by atoms with E-state index in [1.54, 1.807) is 16.7 Å². The number of amidine groups is 1. The summed E-state index contributed by atoms with van der Waals surface area (Å²) in [6, 6.07) is 15.8. The standard InChI is InChI=1S/C20H22N2O2S/c1-3-24-18-10-5-4-9-17(18)19(23)22-12-11-21-20(22)25-14-16-8-6-7-15(2)13-16/h4-10,13H,3,11-12,14H2,1-2H3. The molecule has 4 nitrogen and oxygen atoms in total. The third-order valence-electron chi connectivity index (χ3n) is 3.91. The van der Waals surface area contributed by atoms with Gasteiger partial charge in [-0.25, -0.2) is 0 Å². The van der Waals surface area contributed by atoms with E-state index >= 15 is 0 Å². The number of carbonyl (C=O) groups excluding carboxylic acids is 1. The Morgan fingerprint density at radius 3 is 2.88 bits per heavy atom. The second kappa shape index (κ2) is 8.21. The first-order valence-corrected chi connectivity index (χ1v) is 9.44. The van der Waals surface area contributed by atoms with Crippen molar-refractivity contribution in [3.05, 3.63) is 65.2 Å². The van der Waals surface area contributed by atoms with Crippen LogP contribution in [0.4, 0.5) is 0 Å². The Balaban J connectivity index is 1.72. The van der Waals surface area contributed by atoms with Crippen LogP contribution in [0.1, 0.15) is 28.4 Å². The van der Waals surface area contributed by atoms with Crippen LogP contribution in [0.15, 0.2) is 53.5 Å². The summed E-state index contributed by atoms with van der Waals surface area (Å²) >= 11 is 1.61. The molecule has 0 N–H and O–H groups in total. The van der Waals surface area contributed by atoms with Gasteiger partial charge in [0.1, 0.15) is 5.75 Å². The zero-order valence-corrected chi connectivity index (χ0v) is 15.4. The molecule has 0 saturated heterocycles. The smallest absolute Gasteiger partial charge is 0.263 e. The molecule has 0 saturated carbocycles. The number of thioether (sulfide) groups is 1. The van der Waals surface area contributed by atoms with E-state index in [4.69, 9.17) is 4.74 Å². The highest BCUT2D eigenvalue weighted by Gasteiger charge is 2.27. The molecule has 0 fully saturated rings. The second-order valence-electron chi connectivity index (χ2n) is 5.83. The number of rotatable bonds is 5. The average Bonchev–Trinajstić information content (AvgIpc) is 3.09. The Bertz CT molecular complexity index is 789. The topological polar surface area (TPSA) is 41.9 Å². The lowest BCUT2D eigenvalue weighted by Crippen LogP contribution is -2.33. The van der Waals surface area contributed by atoms with Crippen LogP contribution >= 0.6 is 11.8 Å². The fourth-order valence-corrected chi connectivity index (χ4v) is 3.75. The van der Waals surface area contributed by atoms with Crippen molar-refractivity contribution in [1.82, 2.24) is 4.90 Å². The quantitative estimate of drug-likeness (QED) is 0.810. The van der Waals surface area contributed by atoms with Crippen molar-refractivity contribution in [2.24, 2.45) is 4.99 Å². The van der Waals surface area contributed by atoms with Gasteiger partial charge < -0.3 is 4.74 Å². The highest BCUT2D eigenvalue weighted by molar-refractivity contribution is 8.13. The number of aryl methyl sites for hydroxylation is 1. The lowest BCUT2D eigenvalue weighted by molar-refractivity contribution is 0.0856. The van der Waals surface area contributed by atoms with Gasteiger partial charge in [0.25, 0.3) is 5.91 Å².